The predicted molar refractivity (Wildman–Crippen MR) is 91.7 cm³/mol. The van der Waals surface area contributed by atoms with Crippen LogP contribution < -0.4 is 10.6 Å². The van der Waals surface area contributed by atoms with E-state index < -0.39 is 0 Å². The molecule has 21 heavy (non-hydrogen) atoms. The van der Waals surface area contributed by atoms with Crippen molar-refractivity contribution in [2.24, 2.45) is 0 Å². The summed E-state index contributed by atoms with van der Waals surface area (Å²) in [4.78, 5) is 12.3. The van der Waals surface area contributed by atoms with Crippen molar-refractivity contribution in [3.05, 3.63) is 27.7 Å². The number of benzene rings is 1. The second-order valence-electron chi connectivity index (χ2n) is 6.15. The largest absolute Gasteiger partial charge is 0.373 e. The van der Waals surface area contributed by atoms with Gasteiger partial charge in [0.1, 0.15) is 6.04 Å². The molecule has 0 aliphatic heterocycles. The number of carbonyl (C=O) groups excluding carboxylic acids is 1. The average Bonchev–Trinajstić information content (AvgIpc) is 2.43. The van der Waals surface area contributed by atoms with Crippen LogP contribution in [0.4, 0.5) is 5.69 Å². The highest BCUT2D eigenvalue weighted by atomic mass is 79.9. The average molecular weight is 353 g/mol. The molecular weight excluding hydrogens is 328 g/mol. The molecule has 1 aliphatic rings. The van der Waals surface area contributed by atoms with Gasteiger partial charge in [-0.05, 0) is 66.7 Å². The van der Waals surface area contributed by atoms with E-state index >= 15 is 0 Å². The van der Waals surface area contributed by atoms with Crippen molar-refractivity contribution in [1.29, 1.82) is 0 Å². The number of hydrogen-bond acceptors (Lipinski definition) is 2. The molecule has 1 saturated carbocycles. The first-order valence-corrected chi connectivity index (χ1v) is 8.60. The molecule has 3 nitrogen and oxygen atoms in total. The van der Waals surface area contributed by atoms with Gasteiger partial charge in [-0.15, -0.1) is 0 Å². The molecule has 1 aliphatic carbocycles. The van der Waals surface area contributed by atoms with Gasteiger partial charge in [-0.3, -0.25) is 4.79 Å². The third kappa shape index (κ3) is 4.47. The molecule has 0 saturated heterocycles. The Morgan fingerprint density at radius 1 is 1.24 bits per heavy atom. The van der Waals surface area contributed by atoms with Crippen LogP contribution in [0.3, 0.4) is 0 Å². The Kier molecular flexibility index (Phi) is 5.68. The lowest BCUT2D eigenvalue weighted by Crippen LogP contribution is -2.44. The van der Waals surface area contributed by atoms with Gasteiger partial charge in [0.2, 0.25) is 5.91 Å². The number of rotatable bonds is 4. The van der Waals surface area contributed by atoms with E-state index in [0.29, 0.717) is 6.04 Å². The molecule has 116 valence electrons. The molecule has 2 N–H and O–H groups in total. The summed E-state index contributed by atoms with van der Waals surface area (Å²) in [5, 5.41) is 6.51. The Morgan fingerprint density at radius 3 is 2.52 bits per heavy atom. The minimum atomic E-state index is -0.232. The highest BCUT2D eigenvalue weighted by Crippen LogP contribution is 2.28. The molecule has 1 amide bonds. The van der Waals surface area contributed by atoms with E-state index in [0.717, 1.165) is 28.6 Å². The SMILES string of the molecule is Cc1cc(C)c(NC(C)C(=O)NC2CCCCC2)c(Br)c1. The number of aryl methyl sites for hydroxylation is 2. The van der Waals surface area contributed by atoms with Gasteiger partial charge < -0.3 is 10.6 Å². The van der Waals surface area contributed by atoms with Crippen molar-refractivity contribution in [3.8, 4) is 0 Å². The fourth-order valence-corrected chi connectivity index (χ4v) is 3.74. The first-order valence-electron chi connectivity index (χ1n) is 7.81. The molecular formula is C17H25BrN2O. The van der Waals surface area contributed by atoms with Crippen LogP contribution >= 0.6 is 15.9 Å². The van der Waals surface area contributed by atoms with Gasteiger partial charge in [-0.25, -0.2) is 0 Å². The van der Waals surface area contributed by atoms with Crippen LogP contribution in [0.25, 0.3) is 0 Å². The zero-order valence-electron chi connectivity index (χ0n) is 13.1. The van der Waals surface area contributed by atoms with E-state index in [2.05, 4.69) is 52.5 Å². The number of amides is 1. The predicted octanol–water partition coefficient (Wildman–Crippen LogP) is 4.32. The molecule has 4 heteroatoms. The summed E-state index contributed by atoms with van der Waals surface area (Å²) in [5.41, 5.74) is 3.37. The fourth-order valence-electron chi connectivity index (χ4n) is 2.95. The molecule has 0 spiro atoms. The van der Waals surface area contributed by atoms with Gasteiger partial charge in [0.25, 0.3) is 0 Å². The Hall–Kier alpha value is -1.03. The Labute approximate surface area is 136 Å². The number of anilines is 1. The maximum Gasteiger partial charge on any atom is 0.242 e. The van der Waals surface area contributed by atoms with Crippen LogP contribution in [0.15, 0.2) is 16.6 Å². The van der Waals surface area contributed by atoms with Crippen molar-refractivity contribution in [2.75, 3.05) is 5.32 Å². The second-order valence-corrected chi connectivity index (χ2v) is 7.00. The van der Waals surface area contributed by atoms with Crippen LogP contribution in [0.2, 0.25) is 0 Å². The Morgan fingerprint density at radius 2 is 1.90 bits per heavy atom. The zero-order chi connectivity index (χ0) is 15.4. The van der Waals surface area contributed by atoms with E-state index in [1.807, 2.05) is 6.92 Å². The quantitative estimate of drug-likeness (QED) is 0.847. The molecule has 1 aromatic carbocycles. The van der Waals surface area contributed by atoms with E-state index in [4.69, 9.17) is 0 Å². The highest BCUT2D eigenvalue weighted by Gasteiger charge is 2.20. The Balaban J connectivity index is 1.97. The van der Waals surface area contributed by atoms with Gasteiger partial charge in [-0.1, -0.05) is 25.3 Å². The maximum atomic E-state index is 12.3. The van der Waals surface area contributed by atoms with E-state index in [1.54, 1.807) is 0 Å². The number of nitrogens with one attached hydrogen (secondary N) is 2. The van der Waals surface area contributed by atoms with Gasteiger partial charge in [0.05, 0.1) is 5.69 Å². The summed E-state index contributed by atoms with van der Waals surface area (Å²) >= 11 is 3.58. The molecule has 1 unspecified atom stereocenters. The molecule has 0 aromatic heterocycles. The van der Waals surface area contributed by atoms with Crippen LogP contribution in [-0.2, 0) is 4.79 Å². The maximum absolute atomic E-state index is 12.3. The van der Waals surface area contributed by atoms with Gasteiger partial charge in [0.15, 0.2) is 0 Å². The molecule has 2 rings (SSSR count). The van der Waals surface area contributed by atoms with Crippen molar-refractivity contribution >= 4 is 27.5 Å². The van der Waals surface area contributed by atoms with Crippen LogP contribution in [0.1, 0.15) is 50.2 Å². The normalized spacial score (nSPS) is 17.3. The molecule has 0 radical (unpaired) electrons. The molecule has 1 atom stereocenters. The van der Waals surface area contributed by atoms with Crippen molar-refractivity contribution in [2.45, 2.75) is 65.0 Å². The topological polar surface area (TPSA) is 41.1 Å². The van der Waals surface area contributed by atoms with Gasteiger partial charge in [0, 0.05) is 10.5 Å². The minimum Gasteiger partial charge on any atom is -0.373 e. The zero-order valence-corrected chi connectivity index (χ0v) is 14.7. The molecule has 1 fully saturated rings. The highest BCUT2D eigenvalue weighted by molar-refractivity contribution is 9.10. The van der Waals surface area contributed by atoms with Crippen LogP contribution in [0.5, 0.6) is 0 Å². The summed E-state index contributed by atoms with van der Waals surface area (Å²) in [6.45, 7) is 6.05. The standard InChI is InChI=1S/C17H25BrN2O/c1-11-9-12(2)16(15(18)10-11)19-13(3)17(21)20-14-7-5-4-6-8-14/h9-10,13-14,19H,4-8H2,1-3H3,(H,20,21). The van der Waals surface area contributed by atoms with Crippen molar-refractivity contribution in [1.82, 2.24) is 5.32 Å². The number of carbonyl (C=O) groups is 1. The minimum absolute atomic E-state index is 0.0915. The number of halogens is 1. The first-order chi connectivity index (χ1) is 9.97. The first kappa shape index (κ1) is 16.3. The number of hydrogen-bond donors (Lipinski definition) is 2. The summed E-state index contributed by atoms with van der Waals surface area (Å²) in [5.74, 6) is 0.0915. The van der Waals surface area contributed by atoms with Crippen molar-refractivity contribution < 1.29 is 4.79 Å². The summed E-state index contributed by atoms with van der Waals surface area (Å²) in [6, 6.07) is 4.32. The second kappa shape index (κ2) is 7.30. The smallest absolute Gasteiger partial charge is 0.242 e. The van der Waals surface area contributed by atoms with Crippen LogP contribution in [0, 0.1) is 13.8 Å². The monoisotopic (exact) mass is 352 g/mol. The van der Waals surface area contributed by atoms with E-state index in [9.17, 15) is 4.79 Å². The lowest BCUT2D eigenvalue weighted by atomic mass is 9.95. The van der Waals surface area contributed by atoms with Crippen molar-refractivity contribution in [3.63, 3.8) is 0 Å². The molecule has 0 heterocycles. The third-order valence-corrected chi connectivity index (χ3v) is 4.76. The van der Waals surface area contributed by atoms with Gasteiger partial charge >= 0.3 is 0 Å². The lowest BCUT2D eigenvalue weighted by molar-refractivity contribution is -0.122. The third-order valence-electron chi connectivity index (χ3n) is 4.14. The lowest BCUT2D eigenvalue weighted by Gasteiger charge is -2.25. The molecule has 0 bridgehead atoms. The summed E-state index contributed by atoms with van der Waals surface area (Å²) in [6.07, 6.45) is 6.00. The molecule has 1 aromatic rings. The van der Waals surface area contributed by atoms with Gasteiger partial charge in [-0.2, -0.15) is 0 Å². The fraction of sp³-hybridized carbons (Fsp3) is 0.588. The van der Waals surface area contributed by atoms with E-state index in [1.165, 1.54) is 24.8 Å². The summed E-state index contributed by atoms with van der Waals surface area (Å²) in [7, 11) is 0. The van der Waals surface area contributed by atoms with Crippen LogP contribution in [-0.4, -0.2) is 18.0 Å². The summed E-state index contributed by atoms with van der Waals surface area (Å²) < 4.78 is 1.01. The Bertz CT molecular complexity index is 487. The van der Waals surface area contributed by atoms with E-state index in [-0.39, 0.29) is 11.9 Å².